The van der Waals surface area contributed by atoms with Gasteiger partial charge in [-0.3, -0.25) is 4.68 Å². The van der Waals surface area contributed by atoms with E-state index in [-0.39, 0.29) is 0 Å². The van der Waals surface area contributed by atoms with E-state index in [4.69, 9.17) is 5.73 Å². The number of rotatable bonds is 3. The number of benzene rings is 1. The van der Waals surface area contributed by atoms with Crippen molar-refractivity contribution in [3.63, 3.8) is 0 Å². The van der Waals surface area contributed by atoms with Crippen LogP contribution in [0.3, 0.4) is 0 Å². The lowest BCUT2D eigenvalue weighted by Gasteiger charge is -2.03. The van der Waals surface area contributed by atoms with E-state index in [0.29, 0.717) is 5.82 Å². The number of anilines is 1. The van der Waals surface area contributed by atoms with E-state index in [0.717, 1.165) is 28.9 Å². The van der Waals surface area contributed by atoms with Gasteiger partial charge in [-0.25, -0.2) is 4.68 Å². The molecule has 2 aromatic heterocycles. The van der Waals surface area contributed by atoms with Gasteiger partial charge in [0.1, 0.15) is 11.5 Å². The number of nitrogens with zero attached hydrogens (tertiary/aromatic N) is 4. The lowest BCUT2D eigenvalue weighted by molar-refractivity contribution is 0.768. The molecule has 0 aliphatic rings. The van der Waals surface area contributed by atoms with E-state index in [1.165, 1.54) is 0 Å². The summed E-state index contributed by atoms with van der Waals surface area (Å²) in [5.74, 6) is 0.692. The maximum absolute atomic E-state index is 6.26. The number of nitrogen functional groups attached to an aromatic ring is 1. The van der Waals surface area contributed by atoms with Crippen LogP contribution in [0.1, 0.15) is 12.5 Å². The van der Waals surface area contributed by atoms with Gasteiger partial charge in [-0.1, -0.05) is 25.1 Å². The molecule has 5 heteroatoms. The topological polar surface area (TPSA) is 61.7 Å². The summed E-state index contributed by atoms with van der Waals surface area (Å²) in [6, 6.07) is 9.93. The Morgan fingerprint density at radius 3 is 2.55 bits per heavy atom. The lowest BCUT2D eigenvalue weighted by atomic mass is 10.1. The normalized spacial score (nSPS) is 10.9. The Kier molecular flexibility index (Phi) is 3.02. The smallest absolute Gasteiger partial charge is 0.131 e. The van der Waals surface area contributed by atoms with E-state index in [1.807, 2.05) is 49.8 Å². The Balaban J connectivity index is 2.17. The molecule has 102 valence electrons. The zero-order valence-corrected chi connectivity index (χ0v) is 11.6. The molecular weight excluding hydrogens is 250 g/mol. The summed E-state index contributed by atoms with van der Waals surface area (Å²) >= 11 is 0. The minimum absolute atomic E-state index is 0.692. The standard InChI is InChI=1S/C15H17N5/c1-3-13-14(11-9-17-19(2)10-11)18-20(15(13)16)12-7-5-4-6-8-12/h4-10H,3,16H2,1-2H3. The quantitative estimate of drug-likeness (QED) is 0.792. The van der Waals surface area contributed by atoms with Crippen LogP contribution in [-0.2, 0) is 13.5 Å². The second kappa shape index (κ2) is 4.85. The summed E-state index contributed by atoms with van der Waals surface area (Å²) < 4.78 is 3.56. The van der Waals surface area contributed by atoms with Crippen LogP contribution >= 0.6 is 0 Å². The molecule has 0 unspecified atom stereocenters. The van der Waals surface area contributed by atoms with Crippen LogP contribution in [-0.4, -0.2) is 19.6 Å². The molecule has 0 aliphatic heterocycles. The van der Waals surface area contributed by atoms with Crippen molar-refractivity contribution in [1.82, 2.24) is 19.6 Å². The second-order valence-corrected chi connectivity index (χ2v) is 4.72. The number of nitrogens with two attached hydrogens (primary N) is 1. The molecule has 0 amide bonds. The van der Waals surface area contributed by atoms with Crippen molar-refractivity contribution in [2.24, 2.45) is 7.05 Å². The fourth-order valence-electron chi connectivity index (χ4n) is 2.35. The van der Waals surface area contributed by atoms with Gasteiger partial charge in [-0.15, -0.1) is 0 Å². The van der Waals surface area contributed by atoms with Crippen molar-refractivity contribution in [1.29, 1.82) is 0 Å². The molecule has 0 saturated carbocycles. The third kappa shape index (κ3) is 1.97. The molecule has 0 atom stereocenters. The Morgan fingerprint density at radius 2 is 1.95 bits per heavy atom. The summed E-state index contributed by atoms with van der Waals surface area (Å²) in [5, 5.41) is 8.88. The molecule has 0 spiro atoms. The molecule has 1 aromatic carbocycles. The molecule has 5 nitrogen and oxygen atoms in total. The maximum Gasteiger partial charge on any atom is 0.131 e. The molecule has 0 saturated heterocycles. The van der Waals surface area contributed by atoms with E-state index in [2.05, 4.69) is 17.1 Å². The Bertz CT molecular complexity index is 724. The molecule has 2 N–H and O–H groups in total. The first-order chi connectivity index (χ1) is 9.70. The summed E-state index contributed by atoms with van der Waals surface area (Å²) in [7, 11) is 1.90. The Morgan fingerprint density at radius 1 is 1.20 bits per heavy atom. The fourth-order valence-corrected chi connectivity index (χ4v) is 2.35. The van der Waals surface area contributed by atoms with Gasteiger partial charge < -0.3 is 5.73 Å². The van der Waals surface area contributed by atoms with Crippen molar-refractivity contribution < 1.29 is 0 Å². The average Bonchev–Trinajstić information content (AvgIpc) is 3.03. The average molecular weight is 267 g/mol. The van der Waals surface area contributed by atoms with Gasteiger partial charge >= 0.3 is 0 Å². The van der Waals surface area contributed by atoms with E-state index in [9.17, 15) is 0 Å². The van der Waals surface area contributed by atoms with Crippen molar-refractivity contribution >= 4 is 5.82 Å². The Labute approximate surface area is 117 Å². The Hall–Kier alpha value is -2.56. The number of aromatic nitrogens is 4. The highest BCUT2D eigenvalue weighted by Gasteiger charge is 2.17. The van der Waals surface area contributed by atoms with Gasteiger partial charge in [0, 0.05) is 24.4 Å². The molecule has 0 aliphatic carbocycles. The van der Waals surface area contributed by atoms with Gasteiger partial charge in [0.25, 0.3) is 0 Å². The molecule has 20 heavy (non-hydrogen) atoms. The number of aryl methyl sites for hydroxylation is 1. The first-order valence-electron chi connectivity index (χ1n) is 6.62. The third-order valence-electron chi connectivity index (χ3n) is 3.36. The first-order valence-corrected chi connectivity index (χ1v) is 6.62. The van der Waals surface area contributed by atoms with Crippen LogP contribution < -0.4 is 5.73 Å². The fraction of sp³-hybridized carbons (Fsp3) is 0.200. The summed E-state index contributed by atoms with van der Waals surface area (Å²) in [6.45, 7) is 2.09. The predicted octanol–water partition coefficient (Wildman–Crippen LogP) is 2.42. The molecule has 3 rings (SSSR count). The summed E-state index contributed by atoms with van der Waals surface area (Å²) in [5.41, 5.74) is 10.2. The van der Waals surface area contributed by atoms with Crippen LogP contribution in [0.4, 0.5) is 5.82 Å². The summed E-state index contributed by atoms with van der Waals surface area (Å²) in [6.07, 6.45) is 4.61. The van der Waals surface area contributed by atoms with Crippen molar-refractivity contribution in [2.45, 2.75) is 13.3 Å². The van der Waals surface area contributed by atoms with Gasteiger partial charge in [-0.2, -0.15) is 10.2 Å². The molecule has 3 aromatic rings. The highest BCUT2D eigenvalue weighted by Crippen LogP contribution is 2.29. The highest BCUT2D eigenvalue weighted by atomic mass is 15.3. The van der Waals surface area contributed by atoms with Crippen molar-refractivity contribution in [3.05, 3.63) is 48.3 Å². The monoisotopic (exact) mass is 267 g/mol. The van der Waals surface area contributed by atoms with Crippen LogP contribution in [0.2, 0.25) is 0 Å². The van der Waals surface area contributed by atoms with Crippen molar-refractivity contribution in [3.8, 4) is 16.9 Å². The lowest BCUT2D eigenvalue weighted by Crippen LogP contribution is -2.02. The largest absolute Gasteiger partial charge is 0.383 e. The van der Waals surface area contributed by atoms with Crippen LogP contribution in [0.25, 0.3) is 16.9 Å². The molecule has 2 heterocycles. The number of para-hydroxylation sites is 1. The van der Waals surface area contributed by atoms with Crippen molar-refractivity contribution in [2.75, 3.05) is 5.73 Å². The van der Waals surface area contributed by atoms with E-state index >= 15 is 0 Å². The highest BCUT2D eigenvalue weighted by molar-refractivity contribution is 5.68. The van der Waals surface area contributed by atoms with Crippen LogP contribution in [0.5, 0.6) is 0 Å². The zero-order valence-electron chi connectivity index (χ0n) is 11.6. The first kappa shape index (κ1) is 12.5. The van der Waals surface area contributed by atoms with Gasteiger partial charge in [-0.05, 0) is 18.6 Å². The van der Waals surface area contributed by atoms with E-state index in [1.54, 1.807) is 9.36 Å². The van der Waals surface area contributed by atoms with Gasteiger partial charge in [0.15, 0.2) is 0 Å². The van der Waals surface area contributed by atoms with Gasteiger partial charge in [0.2, 0.25) is 0 Å². The SMILES string of the molecule is CCc1c(-c2cnn(C)c2)nn(-c2ccccc2)c1N. The maximum atomic E-state index is 6.26. The number of hydrogen-bond acceptors (Lipinski definition) is 3. The van der Waals surface area contributed by atoms with Gasteiger partial charge in [0.05, 0.1) is 11.9 Å². The number of hydrogen-bond donors (Lipinski definition) is 1. The molecule has 0 fully saturated rings. The predicted molar refractivity (Wildman–Crippen MR) is 79.6 cm³/mol. The third-order valence-corrected chi connectivity index (χ3v) is 3.36. The van der Waals surface area contributed by atoms with Crippen LogP contribution in [0.15, 0.2) is 42.7 Å². The van der Waals surface area contributed by atoms with Crippen LogP contribution in [0, 0.1) is 0 Å². The minimum atomic E-state index is 0.692. The molecule has 0 radical (unpaired) electrons. The summed E-state index contributed by atoms with van der Waals surface area (Å²) in [4.78, 5) is 0. The molecule has 0 bridgehead atoms. The van der Waals surface area contributed by atoms with E-state index < -0.39 is 0 Å². The zero-order chi connectivity index (χ0) is 14.1. The minimum Gasteiger partial charge on any atom is -0.383 e. The molecular formula is C15H17N5. The second-order valence-electron chi connectivity index (χ2n) is 4.72.